The average Bonchev–Trinajstić information content (AvgIpc) is 2.95. The number of hydrogen-bond donors (Lipinski definition) is 2. The fourth-order valence-electron chi connectivity index (χ4n) is 2.46. The molecule has 0 fully saturated rings. The molecule has 0 amide bonds. The predicted molar refractivity (Wildman–Crippen MR) is 90.5 cm³/mol. The van der Waals surface area contributed by atoms with Crippen LogP contribution in [0.2, 0.25) is 0 Å². The topological polar surface area (TPSA) is 62.0 Å². The summed E-state index contributed by atoms with van der Waals surface area (Å²) < 4.78 is 26.9. The van der Waals surface area contributed by atoms with Crippen molar-refractivity contribution in [2.45, 2.75) is 12.8 Å². The minimum absolute atomic E-state index is 0.118. The maximum absolute atomic E-state index is 12.1. The zero-order chi connectivity index (χ0) is 15.4. The molecule has 0 saturated carbocycles. The van der Waals surface area contributed by atoms with Crippen molar-refractivity contribution in [3.8, 4) is 0 Å². The molecule has 4 nitrogen and oxygen atoms in total. The van der Waals surface area contributed by atoms with Gasteiger partial charge in [0.25, 0.3) is 0 Å². The van der Waals surface area contributed by atoms with Crippen LogP contribution in [0.1, 0.15) is 12.0 Å². The molecule has 0 atom stereocenters. The van der Waals surface area contributed by atoms with Gasteiger partial charge in [0.15, 0.2) is 0 Å². The van der Waals surface area contributed by atoms with Crippen LogP contribution in [0, 0.1) is 0 Å². The van der Waals surface area contributed by atoms with Gasteiger partial charge in [-0.05, 0) is 42.7 Å². The number of anilines is 1. The summed E-state index contributed by atoms with van der Waals surface area (Å²) in [5.41, 5.74) is 2.75. The van der Waals surface area contributed by atoms with E-state index in [-0.39, 0.29) is 5.75 Å². The summed E-state index contributed by atoms with van der Waals surface area (Å²) in [6.07, 6.45) is 3.20. The molecule has 0 spiro atoms. The minimum atomic E-state index is -3.32. The lowest BCUT2D eigenvalue weighted by molar-refractivity contribution is 0.598. The van der Waals surface area contributed by atoms with Crippen LogP contribution in [0.4, 0.5) is 5.69 Å². The van der Waals surface area contributed by atoms with Gasteiger partial charge >= 0.3 is 0 Å². The minimum Gasteiger partial charge on any atom is -0.361 e. The van der Waals surface area contributed by atoms with Gasteiger partial charge in [0, 0.05) is 22.8 Å². The Morgan fingerprint density at radius 3 is 2.64 bits per heavy atom. The Bertz CT molecular complexity index is 855. The largest absolute Gasteiger partial charge is 0.361 e. The Hall–Kier alpha value is -2.27. The summed E-state index contributed by atoms with van der Waals surface area (Å²) in [5.74, 6) is 0.118. The van der Waals surface area contributed by atoms with Gasteiger partial charge in [0.2, 0.25) is 10.0 Å². The molecule has 22 heavy (non-hydrogen) atoms. The molecule has 0 aliphatic heterocycles. The van der Waals surface area contributed by atoms with Gasteiger partial charge in [0.1, 0.15) is 0 Å². The number of aromatic amines is 1. The highest BCUT2D eigenvalue weighted by Crippen LogP contribution is 2.19. The lowest BCUT2D eigenvalue weighted by Crippen LogP contribution is -2.17. The monoisotopic (exact) mass is 314 g/mol. The number of sulfonamides is 1. The van der Waals surface area contributed by atoms with E-state index >= 15 is 0 Å². The number of rotatable bonds is 6. The van der Waals surface area contributed by atoms with Gasteiger partial charge < -0.3 is 4.98 Å². The number of H-pyrrole nitrogens is 1. The molecule has 0 aliphatic rings. The summed E-state index contributed by atoms with van der Waals surface area (Å²) in [5, 5.41) is 0.990. The van der Waals surface area contributed by atoms with Crippen molar-refractivity contribution >= 4 is 26.6 Å². The fraction of sp³-hybridized carbons (Fsp3) is 0.176. The van der Waals surface area contributed by atoms with E-state index in [2.05, 4.69) is 9.71 Å². The normalized spacial score (nSPS) is 11.6. The molecule has 114 valence electrons. The molecule has 0 unspecified atom stereocenters. The van der Waals surface area contributed by atoms with Gasteiger partial charge in [-0.15, -0.1) is 0 Å². The zero-order valence-corrected chi connectivity index (χ0v) is 12.9. The van der Waals surface area contributed by atoms with Gasteiger partial charge in [-0.3, -0.25) is 4.72 Å². The van der Waals surface area contributed by atoms with E-state index in [1.54, 1.807) is 6.07 Å². The van der Waals surface area contributed by atoms with Crippen LogP contribution in [-0.2, 0) is 16.4 Å². The maximum atomic E-state index is 12.1. The lowest BCUT2D eigenvalue weighted by atomic mass is 10.1. The van der Waals surface area contributed by atoms with Crippen LogP contribution in [0.25, 0.3) is 10.9 Å². The van der Waals surface area contributed by atoms with E-state index in [4.69, 9.17) is 0 Å². The third-order valence-corrected chi connectivity index (χ3v) is 4.92. The summed E-state index contributed by atoms with van der Waals surface area (Å²) in [6, 6.07) is 17.3. The predicted octanol–water partition coefficient (Wildman–Crippen LogP) is 3.54. The van der Waals surface area contributed by atoms with Gasteiger partial charge in [-0.1, -0.05) is 30.3 Å². The van der Waals surface area contributed by atoms with Crippen LogP contribution in [0.5, 0.6) is 0 Å². The summed E-state index contributed by atoms with van der Waals surface area (Å²) in [7, 11) is -3.32. The lowest BCUT2D eigenvalue weighted by Gasteiger charge is -2.08. The van der Waals surface area contributed by atoms with Crippen LogP contribution in [0.3, 0.4) is 0 Å². The SMILES string of the molecule is O=S(=O)(CCCc1ccccc1)Nc1ccc2[nH]ccc2c1. The highest BCUT2D eigenvalue weighted by atomic mass is 32.2. The Kier molecular flexibility index (Phi) is 4.15. The van der Waals surface area contributed by atoms with E-state index in [1.165, 1.54) is 0 Å². The van der Waals surface area contributed by atoms with E-state index < -0.39 is 10.0 Å². The highest BCUT2D eigenvalue weighted by Gasteiger charge is 2.10. The number of aromatic nitrogens is 1. The Balaban J connectivity index is 1.60. The molecular weight excluding hydrogens is 296 g/mol. The Labute approximate surface area is 130 Å². The molecule has 1 heterocycles. The zero-order valence-electron chi connectivity index (χ0n) is 12.1. The highest BCUT2D eigenvalue weighted by molar-refractivity contribution is 7.92. The second kappa shape index (κ2) is 6.23. The quantitative estimate of drug-likeness (QED) is 0.731. The standard InChI is InChI=1S/C17H18N2O2S/c20-22(21,12-4-7-14-5-2-1-3-6-14)19-16-8-9-17-15(13-16)10-11-18-17/h1-3,5-6,8-11,13,18-19H,4,7,12H2. The average molecular weight is 314 g/mol. The molecule has 1 aromatic heterocycles. The third kappa shape index (κ3) is 3.68. The maximum Gasteiger partial charge on any atom is 0.232 e. The number of aryl methyl sites for hydroxylation is 1. The number of nitrogens with one attached hydrogen (secondary N) is 2. The second-order valence-electron chi connectivity index (χ2n) is 5.29. The van der Waals surface area contributed by atoms with E-state index in [0.717, 1.165) is 22.9 Å². The van der Waals surface area contributed by atoms with Crippen molar-refractivity contribution in [1.29, 1.82) is 0 Å². The van der Waals surface area contributed by atoms with Crippen LogP contribution >= 0.6 is 0 Å². The number of fused-ring (bicyclic) bond motifs is 1. The molecule has 0 aliphatic carbocycles. The van der Waals surface area contributed by atoms with Gasteiger partial charge in [-0.25, -0.2) is 8.42 Å². The Morgan fingerprint density at radius 2 is 1.82 bits per heavy atom. The molecule has 0 saturated heterocycles. The van der Waals surface area contributed by atoms with Crippen molar-refractivity contribution in [3.05, 3.63) is 66.4 Å². The van der Waals surface area contributed by atoms with E-state index in [0.29, 0.717) is 12.1 Å². The van der Waals surface area contributed by atoms with Crippen LogP contribution in [0.15, 0.2) is 60.8 Å². The van der Waals surface area contributed by atoms with Crippen molar-refractivity contribution in [1.82, 2.24) is 4.98 Å². The fourth-order valence-corrected chi connectivity index (χ4v) is 3.57. The number of benzene rings is 2. The molecule has 5 heteroatoms. The van der Waals surface area contributed by atoms with Crippen molar-refractivity contribution in [3.63, 3.8) is 0 Å². The first kappa shape index (κ1) is 14.7. The van der Waals surface area contributed by atoms with Gasteiger partial charge in [-0.2, -0.15) is 0 Å². The van der Waals surface area contributed by atoms with Crippen molar-refractivity contribution < 1.29 is 8.42 Å². The summed E-state index contributed by atoms with van der Waals surface area (Å²) in [4.78, 5) is 3.08. The second-order valence-corrected chi connectivity index (χ2v) is 7.13. The molecular formula is C17H18N2O2S. The van der Waals surface area contributed by atoms with Crippen molar-refractivity contribution in [2.75, 3.05) is 10.5 Å². The van der Waals surface area contributed by atoms with Crippen LogP contribution < -0.4 is 4.72 Å². The molecule has 0 radical (unpaired) electrons. The van der Waals surface area contributed by atoms with Gasteiger partial charge in [0.05, 0.1) is 5.75 Å². The smallest absolute Gasteiger partial charge is 0.232 e. The van der Waals surface area contributed by atoms with E-state index in [9.17, 15) is 8.42 Å². The molecule has 3 aromatic rings. The molecule has 2 aromatic carbocycles. The first-order valence-corrected chi connectivity index (χ1v) is 8.89. The van der Waals surface area contributed by atoms with Crippen LogP contribution in [-0.4, -0.2) is 19.2 Å². The van der Waals surface area contributed by atoms with Crippen molar-refractivity contribution in [2.24, 2.45) is 0 Å². The third-order valence-electron chi connectivity index (χ3n) is 3.55. The first-order valence-electron chi connectivity index (χ1n) is 7.24. The summed E-state index contributed by atoms with van der Waals surface area (Å²) >= 11 is 0. The number of hydrogen-bond acceptors (Lipinski definition) is 2. The molecule has 0 bridgehead atoms. The molecule has 2 N–H and O–H groups in total. The summed E-state index contributed by atoms with van der Waals surface area (Å²) in [6.45, 7) is 0. The Morgan fingerprint density at radius 1 is 1.00 bits per heavy atom. The molecule has 3 rings (SSSR count). The van der Waals surface area contributed by atoms with E-state index in [1.807, 2.05) is 54.7 Å². The first-order chi connectivity index (χ1) is 10.6.